The number of nitrogens with zero attached hydrogens (tertiary/aromatic N) is 2. The van der Waals surface area contributed by atoms with Gasteiger partial charge in [0.05, 0.1) is 24.4 Å². The predicted octanol–water partition coefficient (Wildman–Crippen LogP) is 3.53. The molecule has 3 N–H and O–H groups in total. The van der Waals surface area contributed by atoms with E-state index in [1.165, 1.54) is 0 Å². The van der Waals surface area contributed by atoms with Crippen molar-refractivity contribution >= 4 is 34.8 Å². The fourth-order valence-corrected chi connectivity index (χ4v) is 3.07. The number of hydrogen-bond donors (Lipinski definition) is 3. The largest absolute Gasteiger partial charge is 0.392 e. The normalized spacial score (nSPS) is 12.6. The summed E-state index contributed by atoms with van der Waals surface area (Å²) in [5.74, 6) is 0.279. The van der Waals surface area contributed by atoms with Crippen molar-refractivity contribution in [2.75, 3.05) is 10.6 Å². The smallest absolute Gasteiger partial charge is 0.228 e. The SMILES string of the molecule is O=C1Cc2cnc(Nc3cccc(CO)c3)nc2-c2ccc(Cl)cc2N1. The Morgan fingerprint density at radius 3 is 2.96 bits per heavy atom. The zero-order valence-corrected chi connectivity index (χ0v) is 14.4. The third-order valence-corrected chi connectivity index (χ3v) is 4.33. The lowest BCUT2D eigenvalue weighted by Crippen LogP contribution is -2.12. The molecule has 0 unspecified atom stereocenters. The maximum absolute atomic E-state index is 12.1. The van der Waals surface area contributed by atoms with Crippen molar-refractivity contribution in [3.63, 3.8) is 0 Å². The van der Waals surface area contributed by atoms with Gasteiger partial charge in [-0.05, 0) is 35.9 Å². The first-order chi connectivity index (χ1) is 12.6. The van der Waals surface area contributed by atoms with E-state index in [0.717, 1.165) is 22.4 Å². The van der Waals surface area contributed by atoms with E-state index in [1.807, 2.05) is 30.3 Å². The molecule has 0 saturated carbocycles. The number of fused-ring (bicyclic) bond motifs is 3. The first-order valence-electron chi connectivity index (χ1n) is 8.05. The minimum Gasteiger partial charge on any atom is -0.392 e. The molecule has 0 saturated heterocycles. The number of benzene rings is 2. The van der Waals surface area contributed by atoms with Crippen molar-refractivity contribution in [3.05, 3.63) is 64.8 Å². The Labute approximate surface area is 154 Å². The third kappa shape index (κ3) is 3.24. The Bertz CT molecular complexity index is 1010. The van der Waals surface area contributed by atoms with Gasteiger partial charge in [-0.25, -0.2) is 9.97 Å². The molecule has 2 aromatic carbocycles. The Hall–Kier alpha value is -2.96. The lowest BCUT2D eigenvalue weighted by atomic mass is 10.1. The van der Waals surface area contributed by atoms with E-state index in [-0.39, 0.29) is 18.9 Å². The van der Waals surface area contributed by atoms with E-state index in [1.54, 1.807) is 18.3 Å². The van der Waals surface area contributed by atoms with Crippen molar-refractivity contribution in [1.82, 2.24) is 9.97 Å². The van der Waals surface area contributed by atoms with Gasteiger partial charge in [0.2, 0.25) is 11.9 Å². The van der Waals surface area contributed by atoms with E-state index >= 15 is 0 Å². The van der Waals surface area contributed by atoms with E-state index in [2.05, 4.69) is 20.6 Å². The van der Waals surface area contributed by atoms with Gasteiger partial charge in [0.15, 0.2) is 0 Å². The molecule has 0 radical (unpaired) electrons. The number of carbonyl (C=O) groups is 1. The topological polar surface area (TPSA) is 87.1 Å². The van der Waals surface area contributed by atoms with Crippen LogP contribution in [0.25, 0.3) is 11.3 Å². The van der Waals surface area contributed by atoms with Gasteiger partial charge >= 0.3 is 0 Å². The van der Waals surface area contributed by atoms with Crippen LogP contribution in [0.3, 0.4) is 0 Å². The van der Waals surface area contributed by atoms with Crippen LogP contribution in [0.15, 0.2) is 48.7 Å². The number of aliphatic hydroxyl groups is 1. The fourth-order valence-electron chi connectivity index (χ4n) is 2.90. The molecule has 0 bridgehead atoms. The van der Waals surface area contributed by atoms with Crippen LogP contribution in [0.4, 0.5) is 17.3 Å². The van der Waals surface area contributed by atoms with Gasteiger partial charge in [-0.1, -0.05) is 23.7 Å². The molecule has 130 valence electrons. The number of nitrogens with one attached hydrogen (secondary N) is 2. The Kier molecular flexibility index (Phi) is 4.28. The number of amides is 1. The molecule has 0 atom stereocenters. The van der Waals surface area contributed by atoms with Gasteiger partial charge in [-0.15, -0.1) is 0 Å². The number of rotatable bonds is 3. The number of anilines is 3. The molecular formula is C19H15ClN4O2. The molecule has 1 aliphatic heterocycles. The summed E-state index contributed by atoms with van der Waals surface area (Å²) >= 11 is 6.06. The molecule has 1 aromatic heterocycles. The van der Waals surface area contributed by atoms with E-state index in [9.17, 15) is 9.90 Å². The molecule has 4 rings (SSSR count). The first kappa shape index (κ1) is 16.5. The molecule has 0 aliphatic carbocycles. The second kappa shape index (κ2) is 6.74. The first-order valence-corrected chi connectivity index (χ1v) is 8.43. The average Bonchev–Trinajstić information content (AvgIpc) is 2.76. The van der Waals surface area contributed by atoms with E-state index in [4.69, 9.17) is 11.6 Å². The molecule has 1 aliphatic rings. The highest BCUT2D eigenvalue weighted by molar-refractivity contribution is 6.31. The maximum Gasteiger partial charge on any atom is 0.228 e. The number of aromatic nitrogens is 2. The summed E-state index contributed by atoms with van der Waals surface area (Å²) in [5, 5.41) is 15.8. The van der Waals surface area contributed by atoms with Crippen LogP contribution in [0.5, 0.6) is 0 Å². The number of hydrogen-bond acceptors (Lipinski definition) is 5. The second-order valence-corrected chi connectivity index (χ2v) is 6.40. The van der Waals surface area contributed by atoms with Gasteiger partial charge < -0.3 is 15.7 Å². The molecule has 3 aromatic rings. The van der Waals surface area contributed by atoms with Gasteiger partial charge in [-0.3, -0.25) is 4.79 Å². The zero-order chi connectivity index (χ0) is 18.1. The van der Waals surface area contributed by atoms with Crippen LogP contribution in [-0.2, 0) is 17.8 Å². The molecule has 7 heteroatoms. The summed E-state index contributed by atoms with van der Waals surface area (Å²) in [5.41, 5.74) is 4.43. The summed E-state index contributed by atoms with van der Waals surface area (Å²) in [6.07, 6.45) is 1.85. The molecule has 6 nitrogen and oxygen atoms in total. The highest BCUT2D eigenvalue weighted by Crippen LogP contribution is 2.34. The summed E-state index contributed by atoms with van der Waals surface area (Å²) in [6.45, 7) is -0.0392. The highest BCUT2D eigenvalue weighted by Gasteiger charge is 2.21. The monoisotopic (exact) mass is 366 g/mol. The summed E-state index contributed by atoms with van der Waals surface area (Å²) in [4.78, 5) is 21.0. The van der Waals surface area contributed by atoms with Crippen LogP contribution in [0.2, 0.25) is 5.02 Å². The molecule has 26 heavy (non-hydrogen) atoms. The lowest BCUT2D eigenvalue weighted by Gasteiger charge is -2.11. The number of carbonyl (C=O) groups excluding carboxylic acids is 1. The van der Waals surface area contributed by atoms with E-state index < -0.39 is 0 Å². The van der Waals surface area contributed by atoms with Gasteiger partial charge in [0.25, 0.3) is 0 Å². The average molecular weight is 367 g/mol. The molecule has 0 fully saturated rings. The lowest BCUT2D eigenvalue weighted by molar-refractivity contribution is -0.115. The fraction of sp³-hybridized carbons (Fsp3) is 0.105. The Morgan fingerprint density at radius 1 is 1.23 bits per heavy atom. The van der Waals surface area contributed by atoms with E-state index in [0.29, 0.717) is 22.4 Å². The van der Waals surface area contributed by atoms with Crippen molar-refractivity contribution in [1.29, 1.82) is 0 Å². The third-order valence-electron chi connectivity index (χ3n) is 4.09. The van der Waals surface area contributed by atoms with Crippen LogP contribution in [0.1, 0.15) is 11.1 Å². The van der Waals surface area contributed by atoms with Gasteiger partial charge in [0, 0.05) is 28.0 Å². The molecule has 0 spiro atoms. The van der Waals surface area contributed by atoms with Crippen LogP contribution < -0.4 is 10.6 Å². The zero-order valence-electron chi connectivity index (χ0n) is 13.7. The van der Waals surface area contributed by atoms with Crippen molar-refractivity contribution in [3.8, 4) is 11.3 Å². The minimum atomic E-state index is -0.132. The maximum atomic E-state index is 12.1. The quantitative estimate of drug-likeness (QED) is 0.660. The van der Waals surface area contributed by atoms with Crippen molar-refractivity contribution in [2.24, 2.45) is 0 Å². The van der Waals surface area contributed by atoms with Crippen LogP contribution in [-0.4, -0.2) is 21.0 Å². The van der Waals surface area contributed by atoms with Crippen LogP contribution >= 0.6 is 11.6 Å². The summed E-state index contributed by atoms with van der Waals surface area (Å²) < 4.78 is 0. The highest BCUT2D eigenvalue weighted by atomic mass is 35.5. The van der Waals surface area contributed by atoms with Gasteiger partial charge in [-0.2, -0.15) is 0 Å². The summed E-state index contributed by atoms with van der Waals surface area (Å²) in [7, 11) is 0. The van der Waals surface area contributed by atoms with Crippen molar-refractivity contribution < 1.29 is 9.90 Å². The Morgan fingerprint density at radius 2 is 2.12 bits per heavy atom. The number of aliphatic hydroxyl groups excluding tert-OH is 1. The predicted molar refractivity (Wildman–Crippen MR) is 100 cm³/mol. The second-order valence-electron chi connectivity index (χ2n) is 5.97. The molecule has 2 heterocycles. The Balaban J connectivity index is 1.76. The molecule has 1 amide bonds. The van der Waals surface area contributed by atoms with Crippen molar-refractivity contribution in [2.45, 2.75) is 13.0 Å². The standard InChI is InChI=1S/C19H15ClN4O2/c20-13-4-5-15-16(8-13)23-17(26)7-12-9-21-19(24-18(12)15)22-14-3-1-2-11(6-14)10-25/h1-6,8-9,25H,7,10H2,(H,23,26)(H,21,22,24). The summed E-state index contributed by atoms with van der Waals surface area (Å²) in [6, 6.07) is 12.7. The minimum absolute atomic E-state index is 0.0392. The van der Waals surface area contributed by atoms with Crippen LogP contribution in [0, 0.1) is 0 Å². The molecular weight excluding hydrogens is 352 g/mol. The number of halogens is 1. The van der Waals surface area contributed by atoms with Gasteiger partial charge in [0.1, 0.15) is 0 Å².